The molecule has 2 aromatic heterocycles. The van der Waals surface area contributed by atoms with E-state index >= 15 is 0 Å². The van der Waals surface area contributed by atoms with Crippen molar-refractivity contribution in [1.82, 2.24) is 19.7 Å². The predicted molar refractivity (Wildman–Crippen MR) is 67.2 cm³/mol. The van der Waals surface area contributed by atoms with Crippen LogP contribution < -0.4 is 0 Å². The Morgan fingerprint density at radius 2 is 2.28 bits per heavy atom. The molecule has 94 valence electrons. The first kappa shape index (κ1) is 12.6. The van der Waals surface area contributed by atoms with Crippen LogP contribution in [-0.4, -0.2) is 36.1 Å². The zero-order valence-corrected chi connectivity index (χ0v) is 10.8. The monoisotopic (exact) mass is 264 g/mol. The summed E-state index contributed by atoms with van der Waals surface area (Å²) in [6.45, 7) is 1.62. The van der Waals surface area contributed by atoms with E-state index in [1.165, 1.54) is 0 Å². The average Bonchev–Trinajstić information content (AvgIpc) is 2.72. The summed E-state index contributed by atoms with van der Waals surface area (Å²) in [5.41, 5.74) is 0.849. The van der Waals surface area contributed by atoms with Crippen molar-refractivity contribution in [2.24, 2.45) is 7.05 Å². The molecular formula is C11H12N4O2S. The summed E-state index contributed by atoms with van der Waals surface area (Å²) in [6, 6.07) is 3.70. The largest absolute Gasteiger partial charge is 0.480 e. The molecule has 0 amide bonds. The molecular weight excluding hydrogens is 252 g/mol. The lowest BCUT2D eigenvalue weighted by Gasteiger charge is -2.05. The third-order valence-electron chi connectivity index (χ3n) is 2.38. The van der Waals surface area contributed by atoms with Gasteiger partial charge in [0.15, 0.2) is 11.0 Å². The van der Waals surface area contributed by atoms with Crippen LogP contribution in [0.25, 0.3) is 11.4 Å². The normalized spacial score (nSPS) is 12.3. The van der Waals surface area contributed by atoms with Gasteiger partial charge in [-0.05, 0) is 19.1 Å². The van der Waals surface area contributed by atoms with Crippen LogP contribution in [0.15, 0.2) is 29.7 Å². The van der Waals surface area contributed by atoms with Crippen molar-refractivity contribution < 1.29 is 9.90 Å². The summed E-state index contributed by atoms with van der Waals surface area (Å²) >= 11 is 1.16. The van der Waals surface area contributed by atoms with Gasteiger partial charge >= 0.3 is 5.97 Å². The summed E-state index contributed by atoms with van der Waals surface area (Å²) in [5.74, 6) is -0.200. The summed E-state index contributed by atoms with van der Waals surface area (Å²) in [7, 11) is 1.80. The number of aliphatic carboxylic acids is 1. The quantitative estimate of drug-likeness (QED) is 0.842. The Bertz CT molecular complexity index is 555. The predicted octanol–water partition coefficient (Wildman–Crippen LogP) is 1.44. The van der Waals surface area contributed by atoms with Crippen molar-refractivity contribution in [3.63, 3.8) is 0 Å². The Hall–Kier alpha value is -1.89. The molecule has 6 nitrogen and oxygen atoms in total. The third-order valence-corrected chi connectivity index (χ3v) is 3.51. The van der Waals surface area contributed by atoms with E-state index in [0.29, 0.717) is 11.0 Å². The van der Waals surface area contributed by atoms with Crippen LogP contribution in [-0.2, 0) is 11.8 Å². The smallest absolute Gasteiger partial charge is 0.316 e. The Balaban J connectivity index is 2.27. The van der Waals surface area contributed by atoms with Crippen molar-refractivity contribution in [2.75, 3.05) is 0 Å². The molecule has 0 fully saturated rings. The highest BCUT2D eigenvalue weighted by atomic mass is 32.2. The van der Waals surface area contributed by atoms with E-state index in [1.807, 2.05) is 12.1 Å². The zero-order chi connectivity index (χ0) is 13.1. The lowest BCUT2D eigenvalue weighted by Crippen LogP contribution is -2.12. The number of nitrogens with zero attached hydrogens (tertiary/aromatic N) is 4. The standard InChI is InChI=1S/C11H12N4O2S/c1-7(10(16)17)18-11-14-13-9(15(11)2)8-4-3-5-12-6-8/h3-7H,1-2H3,(H,16,17). The van der Waals surface area contributed by atoms with Crippen LogP contribution in [0, 0.1) is 0 Å². The number of hydrogen-bond acceptors (Lipinski definition) is 5. The molecule has 0 aliphatic carbocycles. The second-order valence-electron chi connectivity index (χ2n) is 3.71. The highest BCUT2D eigenvalue weighted by molar-refractivity contribution is 8.00. The van der Waals surface area contributed by atoms with E-state index in [1.54, 1.807) is 30.9 Å². The molecule has 18 heavy (non-hydrogen) atoms. The van der Waals surface area contributed by atoms with Gasteiger partial charge in [-0.1, -0.05) is 11.8 Å². The highest BCUT2D eigenvalue weighted by Gasteiger charge is 2.18. The maximum atomic E-state index is 10.8. The van der Waals surface area contributed by atoms with Crippen molar-refractivity contribution in [2.45, 2.75) is 17.3 Å². The molecule has 2 heterocycles. The molecule has 0 bridgehead atoms. The topological polar surface area (TPSA) is 80.9 Å². The summed E-state index contributed by atoms with van der Waals surface area (Å²) in [4.78, 5) is 14.8. The van der Waals surface area contributed by atoms with Gasteiger partial charge in [0.05, 0.1) is 0 Å². The molecule has 0 aliphatic heterocycles. The minimum absolute atomic E-state index is 0.561. The summed E-state index contributed by atoms with van der Waals surface area (Å²) in [5, 5.41) is 16.9. The maximum absolute atomic E-state index is 10.8. The van der Waals surface area contributed by atoms with Crippen molar-refractivity contribution in [1.29, 1.82) is 0 Å². The van der Waals surface area contributed by atoms with E-state index in [0.717, 1.165) is 17.3 Å². The molecule has 7 heteroatoms. The number of pyridine rings is 1. The number of carbonyl (C=O) groups is 1. The van der Waals surface area contributed by atoms with Crippen LogP contribution in [0.4, 0.5) is 0 Å². The van der Waals surface area contributed by atoms with Gasteiger partial charge in [-0.2, -0.15) is 0 Å². The van der Waals surface area contributed by atoms with E-state index in [9.17, 15) is 4.79 Å². The van der Waals surface area contributed by atoms with Crippen LogP contribution in [0.2, 0.25) is 0 Å². The van der Waals surface area contributed by atoms with Crippen molar-refractivity contribution >= 4 is 17.7 Å². The lowest BCUT2D eigenvalue weighted by atomic mass is 10.3. The number of carboxylic acid groups (broad SMARTS) is 1. The van der Waals surface area contributed by atoms with Gasteiger partial charge in [-0.15, -0.1) is 10.2 Å². The van der Waals surface area contributed by atoms with Gasteiger partial charge in [0, 0.05) is 25.0 Å². The number of thioether (sulfide) groups is 1. The van der Waals surface area contributed by atoms with Gasteiger partial charge < -0.3 is 9.67 Å². The van der Waals surface area contributed by atoms with E-state index < -0.39 is 11.2 Å². The molecule has 2 rings (SSSR count). The second kappa shape index (κ2) is 5.18. The number of carboxylic acids is 1. The number of aromatic nitrogens is 4. The fourth-order valence-electron chi connectivity index (χ4n) is 1.37. The van der Waals surface area contributed by atoms with Gasteiger partial charge in [0.1, 0.15) is 5.25 Å². The van der Waals surface area contributed by atoms with Crippen molar-refractivity contribution in [3.05, 3.63) is 24.5 Å². The van der Waals surface area contributed by atoms with Crippen LogP contribution >= 0.6 is 11.8 Å². The zero-order valence-electron chi connectivity index (χ0n) is 9.94. The van der Waals surface area contributed by atoms with Gasteiger partial charge in [0.2, 0.25) is 0 Å². The Labute approximate surface area is 108 Å². The summed E-state index contributed by atoms with van der Waals surface area (Å²) in [6.07, 6.45) is 3.38. The minimum Gasteiger partial charge on any atom is -0.480 e. The van der Waals surface area contributed by atoms with Crippen LogP contribution in [0.5, 0.6) is 0 Å². The van der Waals surface area contributed by atoms with Crippen LogP contribution in [0.3, 0.4) is 0 Å². The minimum atomic E-state index is -0.870. The fraction of sp³-hybridized carbons (Fsp3) is 0.273. The first-order chi connectivity index (χ1) is 8.59. The average molecular weight is 264 g/mol. The first-order valence-corrected chi connectivity index (χ1v) is 6.17. The third kappa shape index (κ3) is 2.51. The molecule has 0 saturated heterocycles. The SMILES string of the molecule is CC(Sc1nnc(-c2cccnc2)n1C)C(=O)O. The molecule has 0 radical (unpaired) electrons. The Kier molecular flexibility index (Phi) is 3.61. The summed E-state index contributed by atoms with van der Waals surface area (Å²) < 4.78 is 1.76. The van der Waals surface area contributed by atoms with Gasteiger partial charge in [-0.3, -0.25) is 9.78 Å². The molecule has 2 aromatic rings. The van der Waals surface area contributed by atoms with E-state index in [2.05, 4.69) is 15.2 Å². The van der Waals surface area contributed by atoms with Gasteiger partial charge in [0.25, 0.3) is 0 Å². The first-order valence-electron chi connectivity index (χ1n) is 5.29. The van der Waals surface area contributed by atoms with Crippen molar-refractivity contribution in [3.8, 4) is 11.4 Å². The van der Waals surface area contributed by atoms with E-state index in [-0.39, 0.29) is 0 Å². The molecule has 1 atom stereocenters. The molecule has 0 saturated carbocycles. The molecule has 1 unspecified atom stereocenters. The van der Waals surface area contributed by atoms with E-state index in [4.69, 9.17) is 5.11 Å². The maximum Gasteiger partial charge on any atom is 0.316 e. The molecule has 1 N–H and O–H groups in total. The second-order valence-corrected chi connectivity index (χ2v) is 5.01. The molecule has 0 aliphatic rings. The highest BCUT2D eigenvalue weighted by Crippen LogP contribution is 2.24. The Morgan fingerprint density at radius 1 is 1.50 bits per heavy atom. The van der Waals surface area contributed by atoms with Crippen LogP contribution in [0.1, 0.15) is 6.92 Å². The molecule has 0 aromatic carbocycles. The molecule has 0 spiro atoms. The fourth-order valence-corrected chi connectivity index (χ4v) is 2.12. The number of hydrogen-bond donors (Lipinski definition) is 1. The number of rotatable bonds is 4. The lowest BCUT2D eigenvalue weighted by molar-refractivity contribution is -0.136. The van der Waals surface area contributed by atoms with Gasteiger partial charge in [-0.25, -0.2) is 0 Å². The Morgan fingerprint density at radius 3 is 2.89 bits per heavy atom.